The molecule has 0 spiro atoms. The van der Waals surface area contributed by atoms with Gasteiger partial charge in [-0.15, -0.1) is 0 Å². The number of ether oxygens (including phenoxy) is 1. The van der Waals surface area contributed by atoms with Crippen molar-refractivity contribution in [1.82, 2.24) is 20.0 Å². The third-order valence-corrected chi connectivity index (χ3v) is 3.02. The lowest BCUT2D eigenvalue weighted by Crippen LogP contribution is -2.45. The molecule has 1 aliphatic rings. The van der Waals surface area contributed by atoms with E-state index in [9.17, 15) is 4.79 Å². The summed E-state index contributed by atoms with van der Waals surface area (Å²) in [6, 6.07) is 1.86. The number of nitrogens with zero attached hydrogens (tertiary/aromatic N) is 3. The summed E-state index contributed by atoms with van der Waals surface area (Å²) in [5.41, 5.74) is 0. The molecule has 1 aromatic heterocycles. The molecular formula is C12H20N4O2. The van der Waals surface area contributed by atoms with E-state index in [0.29, 0.717) is 19.5 Å². The Morgan fingerprint density at radius 1 is 1.67 bits per heavy atom. The molecule has 1 saturated heterocycles. The van der Waals surface area contributed by atoms with E-state index in [1.807, 2.05) is 19.3 Å². The van der Waals surface area contributed by atoms with Crippen molar-refractivity contribution in [3.8, 4) is 0 Å². The van der Waals surface area contributed by atoms with E-state index >= 15 is 0 Å². The number of morpholine rings is 1. The van der Waals surface area contributed by atoms with Crippen LogP contribution in [-0.2, 0) is 16.1 Å². The van der Waals surface area contributed by atoms with Crippen molar-refractivity contribution >= 4 is 5.91 Å². The van der Waals surface area contributed by atoms with Gasteiger partial charge in [0.2, 0.25) is 5.91 Å². The van der Waals surface area contributed by atoms with Gasteiger partial charge in [0.05, 0.1) is 12.7 Å². The fraction of sp³-hybridized carbons (Fsp3) is 0.667. The average molecular weight is 252 g/mol. The fourth-order valence-electron chi connectivity index (χ4n) is 1.98. The molecule has 1 unspecified atom stereocenters. The first-order chi connectivity index (χ1) is 8.75. The summed E-state index contributed by atoms with van der Waals surface area (Å²) >= 11 is 0. The molecule has 1 N–H and O–H groups in total. The normalized spacial score (nSPS) is 19.7. The van der Waals surface area contributed by atoms with Gasteiger partial charge < -0.3 is 15.0 Å². The number of aromatic nitrogens is 2. The second-order valence-electron chi connectivity index (χ2n) is 4.49. The number of aryl methyl sites for hydroxylation is 1. The number of rotatable bonds is 5. The third kappa shape index (κ3) is 3.82. The standard InChI is InChI=1S/C12H20N4O2/c1-15(10-11-9-13-5-8-18-11)12(17)3-7-16-6-2-4-14-16/h2,4,6,11,13H,3,5,7-10H2,1H3. The molecule has 0 aliphatic carbocycles. The molecule has 2 heterocycles. The maximum absolute atomic E-state index is 11.9. The number of nitrogens with one attached hydrogen (secondary N) is 1. The van der Waals surface area contributed by atoms with Crippen LogP contribution < -0.4 is 5.32 Å². The molecule has 0 radical (unpaired) electrons. The molecule has 18 heavy (non-hydrogen) atoms. The van der Waals surface area contributed by atoms with E-state index in [1.54, 1.807) is 15.8 Å². The van der Waals surface area contributed by atoms with E-state index in [-0.39, 0.29) is 12.0 Å². The summed E-state index contributed by atoms with van der Waals surface area (Å²) in [5.74, 6) is 0.125. The van der Waals surface area contributed by atoms with Gasteiger partial charge in [-0.1, -0.05) is 0 Å². The molecule has 0 bridgehead atoms. The van der Waals surface area contributed by atoms with Crippen molar-refractivity contribution in [2.75, 3.05) is 33.3 Å². The summed E-state index contributed by atoms with van der Waals surface area (Å²) in [6.45, 7) is 3.70. The Labute approximate surface area is 107 Å². The number of carbonyl (C=O) groups excluding carboxylic acids is 1. The van der Waals surface area contributed by atoms with E-state index in [2.05, 4.69) is 10.4 Å². The molecule has 0 aromatic carbocycles. The van der Waals surface area contributed by atoms with Crippen LogP contribution in [0.1, 0.15) is 6.42 Å². The highest BCUT2D eigenvalue weighted by atomic mass is 16.5. The molecule has 0 saturated carbocycles. The monoisotopic (exact) mass is 252 g/mol. The molecule has 1 aromatic rings. The molecular weight excluding hydrogens is 232 g/mol. The maximum Gasteiger partial charge on any atom is 0.224 e. The highest BCUT2D eigenvalue weighted by Crippen LogP contribution is 2.01. The predicted octanol–water partition coefficient (Wildman–Crippen LogP) is -0.280. The van der Waals surface area contributed by atoms with E-state index in [4.69, 9.17) is 4.74 Å². The molecule has 2 rings (SSSR count). The van der Waals surface area contributed by atoms with Crippen LogP contribution in [0.3, 0.4) is 0 Å². The lowest BCUT2D eigenvalue weighted by molar-refractivity contribution is -0.132. The van der Waals surface area contributed by atoms with Gasteiger partial charge in [0.25, 0.3) is 0 Å². The van der Waals surface area contributed by atoms with Crippen molar-refractivity contribution < 1.29 is 9.53 Å². The van der Waals surface area contributed by atoms with E-state index in [0.717, 1.165) is 19.7 Å². The van der Waals surface area contributed by atoms with Gasteiger partial charge in [0.15, 0.2) is 0 Å². The Morgan fingerprint density at radius 3 is 3.22 bits per heavy atom. The van der Waals surface area contributed by atoms with Crippen molar-refractivity contribution in [2.24, 2.45) is 0 Å². The lowest BCUT2D eigenvalue weighted by Gasteiger charge is -2.28. The second kappa shape index (κ2) is 6.51. The highest BCUT2D eigenvalue weighted by molar-refractivity contribution is 5.75. The van der Waals surface area contributed by atoms with Gasteiger partial charge in [-0.3, -0.25) is 9.48 Å². The van der Waals surface area contributed by atoms with Crippen LogP contribution in [0.15, 0.2) is 18.5 Å². The molecule has 6 heteroatoms. The van der Waals surface area contributed by atoms with Crippen LogP contribution in [0.2, 0.25) is 0 Å². The SMILES string of the molecule is CN(CC1CNCCO1)C(=O)CCn1cccn1. The van der Waals surface area contributed by atoms with E-state index in [1.165, 1.54) is 0 Å². The minimum absolute atomic E-state index is 0.109. The first kappa shape index (κ1) is 13.0. The Kier molecular flexibility index (Phi) is 4.72. The van der Waals surface area contributed by atoms with Crippen LogP contribution in [0, 0.1) is 0 Å². The molecule has 1 atom stereocenters. The van der Waals surface area contributed by atoms with Crippen LogP contribution >= 0.6 is 0 Å². The number of hydrogen-bond acceptors (Lipinski definition) is 4. The molecule has 100 valence electrons. The van der Waals surface area contributed by atoms with Crippen LogP contribution in [0.25, 0.3) is 0 Å². The first-order valence-electron chi connectivity index (χ1n) is 6.29. The molecule has 1 fully saturated rings. The molecule has 1 aliphatic heterocycles. The van der Waals surface area contributed by atoms with Gasteiger partial charge in [0.1, 0.15) is 0 Å². The largest absolute Gasteiger partial charge is 0.374 e. The van der Waals surface area contributed by atoms with Crippen LogP contribution in [0.4, 0.5) is 0 Å². The summed E-state index contributed by atoms with van der Waals surface area (Å²) in [7, 11) is 1.82. The van der Waals surface area contributed by atoms with Crippen molar-refractivity contribution in [3.05, 3.63) is 18.5 Å². The Hall–Kier alpha value is -1.40. The van der Waals surface area contributed by atoms with Crippen LogP contribution in [0.5, 0.6) is 0 Å². The van der Waals surface area contributed by atoms with Gasteiger partial charge in [-0.2, -0.15) is 5.10 Å². The summed E-state index contributed by atoms with van der Waals surface area (Å²) in [6.07, 6.45) is 4.16. The maximum atomic E-state index is 11.9. The lowest BCUT2D eigenvalue weighted by atomic mass is 10.2. The number of carbonyl (C=O) groups is 1. The average Bonchev–Trinajstić information content (AvgIpc) is 2.90. The van der Waals surface area contributed by atoms with Crippen molar-refractivity contribution in [1.29, 1.82) is 0 Å². The van der Waals surface area contributed by atoms with Crippen LogP contribution in [-0.4, -0.2) is 60.0 Å². The zero-order valence-electron chi connectivity index (χ0n) is 10.7. The highest BCUT2D eigenvalue weighted by Gasteiger charge is 2.18. The number of amides is 1. The Bertz CT molecular complexity index is 360. The topological polar surface area (TPSA) is 59.4 Å². The van der Waals surface area contributed by atoms with Gasteiger partial charge in [-0.25, -0.2) is 0 Å². The fourth-order valence-corrected chi connectivity index (χ4v) is 1.98. The zero-order chi connectivity index (χ0) is 12.8. The summed E-state index contributed by atoms with van der Waals surface area (Å²) in [4.78, 5) is 13.7. The quantitative estimate of drug-likeness (QED) is 0.783. The minimum atomic E-state index is 0.109. The van der Waals surface area contributed by atoms with Crippen molar-refractivity contribution in [2.45, 2.75) is 19.1 Å². The van der Waals surface area contributed by atoms with Gasteiger partial charge >= 0.3 is 0 Å². The zero-order valence-corrected chi connectivity index (χ0v) is 10.7. The van der Waals surface area contributed by atoms with Crippen molar-refractivity contribution in [3.63, 3.8) is 0 Å². The summed E-state index contributed by atoms with van der Waals surface area (Å²) in [5, 5.41) is 7.33. The third-order valence-electron chi connectivity index (χ3n) is 3.02. The minimum Gasteiger partial charge on any atom is -0.374 e. The summed E-state index contributed by atoms with van der Waals surface area (Å²) < 4.78 is 7.34. The van der Waals surface area contributed by atoms with E-state index < -0.39 is 0 Å². The second-order valence-corrected chi connectivity index (χ2v) is 4.49. The predicted molar refractivity (Wildman–Crippen MR) is 67.1 cm³/mol. The smallest absolute Gasteiger partial charge is 0.224 e. The molecule has 6 nitrogen and oxygen atoms in total. The van der Waals surface area contributed by atoms with Gasteiger partial charge in [-0.05, 0) is 6.07 Å². The number of likely N-dealkylation sites (N-methyl/N-ethyl adjacent to an activating group) is 1. The number of hydrogen-bond donors (Lipinski definition) is 1. The van der Waals surface area contributed by atoms with Gasteiger partial charge in [0, 0.05) is 52.0 Å². The Balaban J connectivity index is 1.70. The molecule has 1 amide bonds. The first-order valence-corrected chi connectivity index (χ1v) is 6.29. The Morgan fingerprint density at radius 2 is 2.56 bits per heavy atom.